The van der Waals surface area contributed by atoms with Gasteiger partial charge >= 0.3 is 0 Å². The van der Waals surface area contributed by atoms with Crippen molar-refractivity contribution < 1.29 is 13.6 Å². The Kier molecular flexibility index (Phi) is 2.83. The Labute approximate surface area is 91.8 Å². The molecular weight excluding hydrogens is 212 g/mol. The van der Waals surface area contributed by atoms with Gasteiger partial charge in [-0.25, -0.2) is 8.78 Å². The van der Waals surface area contributed by atoms with Crippen molar-refractivity contribution in [1.29, 1.82) is 0 Å². The minimum absolute atomic E-state index is 0.205. The highest BCUT2D eigenvalue weighted by Gasteiger charge is 2.27. The lowest BCUT2D eigenvalue weighted by Gasteiger charge is -2.09. The first-order valence-corrected chi connectivity index (χ1v) is 5.01. The highest BCUT2D eigenvalue weighted by Crippen LogP contribution is 2.24. The molecule has 0 saturated heterocycles. The standard InChI is InChI=1S/C12H11F2NO/c13-9-2-1-3-10(14)11(9)12(16)7-4-5-8(15)6-7/h1-5,7-8H,6,15H2. The summed E-state index contributed by atoms with van der Waals surface area (Å²) >= 11 is 0. The molecule has 1 aromatic carbocycles. The molecule has 1 aliphatic rings. The van der Waals surface area contributed by atoms with Crippen LogP contribution in [0, 0.1) is 17.6 Å². The maximum absolute atomic E-state index is 13.3. The Balaban J connectivity index is 2.31. The van der Waals surface area contributed by atoms with E-state index in [4.69, 9.17) is 5.73 Å². The maximum Gasteiger partial charge on any atom is 0.175 e. The first kappa shape index (κ1) is 11.0. The fourth-order valence-electron chi connectivity index (χ4n) is 1.84. The quantitative estimate of drug-likeness (QED) is 0.616. The lowest BCUT2D eigenvalue weighted by atomic mass is 9.96. The summed E-state index contributed by atoms with van der Waals surface area (Å²) in [6.45, 7) is 0. The third kappa shape index (κ3) is 1.88. The van der Waals surface area contributed by atoms with Gasteiger partial charge in [0.25, 0.3) is 0 Å². The van der Waals surface area contributed by atoms with Crippen LogP contribution in [0.3, 0.4) is 0 Å². The SMILES string of the molecule is NC1C=CC(C(=O)c2c(F)cccc2F)C1. The molecule has 4 heteroatoms. The minimum atomic E-state index is -0.820. The van der Waals surface area contributed by atoms with E-state index in [0.717, 1.165) is 12.1 Å². The van der Waals surface area contributed by atoms with E-state index in [2.05, 4.69) is 0 Å². The Bertz CT molecular complexity index is 436. The molecule has 2 N–H and O–H groups in total. The van der Waals surface area contributed by atoms with E-state index in [1.807, 2.05) is 0 Å². The van der Waals surface area contributed by atoms with Crippen LogP contribution in [-0.2, 0) is 0 Å². The number of nitrogens with two attached hydrogens (primary N) is 1. The fraction of sp³-hybridized carbons (Fsp3) is 0.250. The second kappa shape index (κ2) is 4.14. The number of halogens is 2. The largest absolute Gasteiger partial charge is 0.324 e. The number of hydrogen-bond acceptors (Lipinski definition) is 2. The van der Waals surface area contributed by atoms with Crippen molar-refractivity contribution in [3.05, 3.63) is 47.5 Å². The fourth-order valence-corrected chi connectivity index (χ4v) is 1.84. The van der Waals surface area contributed by atoms with Crippen molar-refractivity contribution >= 4 is 5.78 Å². The molecular formula is C12H11F2NO. The molecule has 2 unspecified atom stereocenters. The van der Waals surface area contributed by atoms with Crippen molar-refractivity contribution in [2.75, 3.05) is 0 Å². The van der Waals surface area contributed by atoms with Crippen molar-refractivity contribution in [3.63, 3.8) is 0 Å². The van der Waals surface area contributed by atoms with Gasteiger partial charge in [0.1, 0.15) is 11.6 Å². The third-order valence-corrected chi connectivity index (χ3v) is 2.66. The number of carbonyl (C=O) groups excluding carboxylic acids is 1. The van der Waals surface area contributed by atoms with Crippen LogP contribution < -0.4 is 5.73 Å². The molecule has 84 valence electrons. The highest BCUT2D eigenvalue weighted by atomic mass is 19.1. The number of benzene rings is 1. The smallest absolute Gasteiger partial charge is 0.175 e. The maximum atomic E-state index is 13.3. The van der Waals surface area contributed by atoms with Gasteiger partial charge in [-0.1, -0.05) is 18.2 Å². The molecule has 2 nitrogen and oxygen atoms in total. The van der Waals surface area contributed by atoms with Crippen LogP contribution in [-0.4, -0.2) is 11.8 Å². The lowest BCUT2D eigenvalue weighted by molar-refractivity contribution is 0.0934. The van der Waals surface area contributed by atoms with Crippen LogP contribution in [0.15, 0.2) is 30.4 Å². The first-order chi connectivity index (χ1) is 7.59. The van der Waals surface area contributed by atoms with Crippen molar-refractivity contribution in [3.8, 4) is 0 Å². The zero-order valence-corrected chi connectivity index (χ0v) is 8.49. The molecule has 0 spiro atoms. The van der Waals surface area contributed by atoms with Gasteiger partial charge in [-0.05, 0) is 18.6 Å². The lowest BCUT2D eigenvalue weighted by Crippen LogP contribution is -2.20. The molecule has 1 aromatic rings. The molecule has 0 aliphatic heterocycles. The summed E-state index contributed by atoms with van der Waals surface area (Å²) in [4.78, 5) is 11.8. The number of hydrogen-bond donors (Lipinski definition) is 1. The normalized spacial score (nSPS) is 23.7. The van der Waals surface area contributed by atoms with E-state index >= 15 is 0 Å². The molecule has 0 radical (unpaired) electrons. The summed E-state index contributed by atoms with van der Waals surface area (Å²) in [5.41, 5.74) is 5.12. The van der Waals surface area contributed by atoms with Gasteiger partial charge in [0.15, 0.2) is 5.78 Å². The van der Waals surface area contributed by atoms with E-state index in [9.17, 15) is 13.6 Å². The van der Waals surface area contributed by atoms with Crippen LogP contribution in [0.25, 0.3) is 0 Å². The number of Topliss-reactive ketones (excluding diaryl/α,β-unsaturated/α-hetero) is 1. The van der Waals surface area contributed by atoms with E-state index in [1.54, 1.807) is 12.2 Å². The van der Waals surface area contributed by atoms with Crippen molar-refractivity contribution in [2.24, 2.45) is 11.7 Å². The molecule has 0 saturated carbocycles. The molecule has 1 aliphatic carbocycles. The Morgan fingerprint density at radius 2 is 1.88 bits per heavy atom. The van der Waals surface area contributed by atoms with Gasteiger partial charge in [0.05, 0.1) is 5.56 Å². The van der Waals surface area contributed by atoms with E-state index in [1.165, 1.54) is 6.07 Å². The molecule has 0 amide bonds. The molecule has 16 heavy (non-hydrogen) atoms. The number of rotatable bonds is 2. The van der Waals surface area contributed by atoms with Gasteiger partial charge in [0, 0.05) is 12.0 Å². The Morgan fingerprint density at radius 3 is 2.38 bits per heavy atom. The zero-order valence-electron chi connectivity index (χ0n) is 8.49. The predicted molar refractivity (Wildman–Crippen MR) is 55.9 cm³/mol. The molecule has 2 rings (SSSR count). The summed E-state index contributed by atoms with van der Waals surface area (Å²) in [5, 5.41) is 0. The number of carbonyl (C=O) groups is 1. The number of ketones is 1. The van der Waals surface area contributed by atoms with Gasteiger partial charge in [-0.15, -0.1) is 0 Å². The average molecular weight is 223 g/mol. The highest BCUT2D eigenvalue weighted by molar-refractivity contribution is 5.99. The van der Waals surface area contributed by atoms with E-state index < -0.39 is 28.9 Å². The summed E-state index contributed by atoms with van der Waals surface area (Å²) in [6, 6.07) is 3.19. The monoisotopic (exact) mass is 223 g/mol. The van der Waals surface area contributed by atoms with E-state index in [0.29, 0.717) is 6.42 Å². The molecule has 0 heterocycles. The number of allylic oxidation sites excluding steroid dienone is 1. The second-order valence-corrected chi connectivity index (χ2v) is 3.85. The van der Waals surface area contributed by atoms with Crippen molar-refractivity contribution in [2.45, 2.75) is 12.5 Å². The van der Waals surface area contributed by atoms with Gasteiger partial charge in [-0.2, -0.15) is 0 Å². The van der Waals surface area contributed by atoms with Gasteiger partial charge in [0.2, 0.25) is 0 Å². The zero-order chi connectivity index (χ0) is 11.7. The van der Waals surface area contributed by atoms with Crippen molar-refractivity contribution in [1.82, 2.24) is 0 Å². The Morgan fingerprint density at radius 1 is 1.25 bits per heavy atom. The minimum Gasteiger partial charge on any atom is -0.324 e. The third-order valence-electron chi connectivity index (χ3n) is 2.66. The topological polar surface area (TPSA) is 43.1 Å². The van der Waals surface area contributed by atoms with Crippen LogP contribution in [0.4, 0.5) is 8.78 Å². The Hall–Kier alpha value is -1.55. The van der Waals surface area contributed by atoms with Crippen LogP contribution in [0.1, 0.15) is 16.8 Å². The molecule has 0 aromatic heterocycles. The summed E-state index contributed by atoms with van der Waals surface area (Å²) in [5.74, 6) is -2.70. The summed E-state index contributed by atoms with van der Waals surface area (Å²) < 4.78 is 26.7. The first-order valence-electron chi connectivity index (χ1n) is 5.01. The predicted octanol–water partition coefficient (Wildman–Crippen LogP) is 2.05. The van der Waals surface area contributed by atoms with Crippen LogP contribution in [0.2, 0.25) is 0 Å². The average Bonchev–Trinajstić information content (AvgIpc) is 2.64. The summed E-state index contributed by atoms with van der Waals surface area (Å²) in [7, 11) is 0. The second-order valence-electron chi connectivity index (χ2n) is 3.85. The van der Waals surface area contributed by atoms with Crippen LogP contribution in [0.5, 0.6) is 0 Å². The van der Waals surface area contributed by atoms with Gasteiger partial charge < -0.3 is 5.73 Å². The van der Waals surface area contributed by atoms with Gasteiger partial charge in [-0.3, -0.25) is 4.79 Å². The van der Waals surface area contributed by atoms with E-state index in [-0.39, 0.29) is 6.04 Å². The summed E-state index contributed by atoms with van der Waals surface area (Å²) in [6.07, 6.45) is 3.70. The van der Waals surface area contributed by atoms with Crippen LogP contribution >= 0.6 is 0 Å². The molecule has 2 atom stereocenters. The molecule has 0 fully saturated rings. The molecule has 0 bridgehead atoms.